The monoisotopic (exact) mass is 374 g/mol. The number of ether oxygens (including phenoxy) is 3. The molecule has 0 saturated heterocycles. The van der Waals surface area contributed by atoms with Gasteiger partial charge in [-0.15, -0.1) is 0 Å². The Morgan fingerprint density at radius 1 is 1.07 bits per heavy atom. The van der Waals surface area contributed by atoms with Crippen molar-refractivity contribution >= 4 is 11.9 Å². The molecule has 0 aliphatic heterocycles. The number of amides is 1. The second-order valence-corrected chi connectivity index (χ2v) is 5.62. The van der Waals surface area contributed by atoms with Gasteiger partial charge in [-0.2, -0.15) is 4.73 Å². The molecule has 0 aliphatic rings. The van der Waals surface area contributed by atoms with Crippen molar-refractivity contribution in [3.05, 3.63) is 59.1 Å². The molecule has 27 heavy (non-hydrogen) atoms. The first kappa shape index (κ1) is 20.0. The number of hydrogen-bond acceptors (Lipinski definition) is 6. The fourth-order valence-electron chi connectivity index (χ4n) is 2.43. The molecule has 2 rings (SSSR count). The van der Waals surface area contributed by atoms with Crippen LogP contribution in [0.15, 0.2) is 42.7 Å². The standard InChI is InChI=1S/C19H22N2O6/c1-4-20(12-14-5-6-16(25-2)17(11-14)26-3)18(22)13-27-19(23)15-7-9-21(24)10-8-15/h5-11H,4,12-13H2,1-3H3. The Kier molecular flexibility index (Phi) is 6.99. The van der Waals surface area contributed by atoms with Gasteiger partial charge in [0.05, 0.1) is 19.8 Å². The zero-order chi connectivity index (χ0) is 19.8. The fourth-order valence-corrected chi connectivity index (χ4v) is 2.43. The third-order valence-electron chi connectivity index (χ3n) is 3.92. The van der Waals surface area contributed by atoms with E-state index < -0.39 is 5.97 Å². The molecule has 8 nitrogen and oxygen atoms in total. The molecule has 0 aliphatic carbocycles. The van der Waals surface area contributed by atoms with Crippen LogP contribution in [-0.4, -0.2) is 44.1 Å². The van der Waals surface area contributed by atoms with Crippen LogP contribution >= 0.6 is 0 Å². The summed E-state index contributed by atoms with van der Waals surface area (Å²) in [6.07, 6.45) is 2.38. The van der Waals surface area contributed by atoms with Crippen LogP contribution in [0.2, 0.25) is 0 Å². The maximum atomic E-state index is 12.4. The number of carbonyl (C=O) groups is 2. The highest BCUT2D eigenvalue weighted by Crippen LogP contribution is 2.28. The number of likely N-dealkylation sites (N-methyl/N-ethyl adjacent to an activating group) is 1. The molecule has 0 fully saturated rings. The number of esters is 1. The van der Waals surface area contributed by atoms with Gasteiger partial charge in [0.25, 0.3) is 5.91 Å². The van der Waals surface area contributed by atoms with E-state index in [2.05, 4.69) is 0 Å². The second-order valence-electron chi connectivity index (χ2n) is 5.62. The predicted molar refractivity (Wildman–Crippen MR) is 96.3 cm³/mol. The molecule has 0 saturated carbocycles. The van der Waals surface area contributed by atoms with Gasteiger partial charge in [0.15, 0.2) is 30.5 Å². The van der Waals surface area contributed by atoms with Gasteiger partial charge < -0.3 is 24.3 Å². The minimum Gasteiger partial charge on any atom is -0.619 e. The zero-order valence-corrected chi connectivity index (χ0v) is 15.5. The molecular weight excluding hydrogens is 352 g/mol. The van der Waals surface area contributed by atoms with Crippen LogP contribution in [0, 0.1) is 5.21 Å². The van der Waals surface area contributed by atoms with E-state index in [9.17, 15) is 14.8 Å². The van der Waals surface area contributed by atoms with E-state index in [4.69, 9.17) is 14.2 Å². The van der Waals surface area contributed by atoms with Gasteiger partial charge in [0.2, 0.25) is 0 Å². The Labute approximate surface area is 157 Å². The largest absolute Gasteiger partial charge is 0.619 e. The zero-order valence-electron chi connectivity index (χ0n) is 15.5. The van der Waals surface area contributed by atoms with Crippen molar-refractivity contribution in [3.63, 3.8) is 0 Å². The quantitative estimate of drug-likeness (QED) is 0.395. The van der Waals surface area contributed by atoms with E-state index in [1.807, 2.05) is 13.0 Å². The van der Waals surface area contributed by atoms with Gasteiger partial charge >= 0.3 is 5.97 Å². The second kappa shape index (κ2) is 9.42. The molecule has 1 heterocycles. The molecule has 8 heteroatoms. The highest BCUT2D eigenvalue weighted by molar-refractivity contribution is 5.91. The van der Waals surface area contributed by atoms with Crippen LogP contribution in [0.4, 0.5) is 0 Å². The molecule has 1 aromatic heterocycles. The Morgan fingerprint density at radius 3 is 2.33 bits per heavy atom. The normalized spacial score (nSPS) is 10.2. The summed E-state index contributed by atoms with van der Waals surface area (Å²) in [5.41, 5.74) is 1.06. The number of aromatic nitrogens is 1. The van der Waals surface area contributed by atoms with Crippen molar-refractivity contribution < 1.29 is 28.5 Å². The fraction of sp³-hybridized carbons (Fsp3) is 0.316. The molecule has 0 unspecified atom stereocenters. The third-order valence-corrected chi connectivity index (χ3v) is 3.92. The van der Waals surface area contributed by atoms with Crippen LogP contribution in [0.3, 0.4) is 0 Å². The maximum Gasteiger partial charge on any atom is 0.339 e. The SMILES string of the molecule is CCN(Cc1ccc(OC)c(OC)c1)C(=O)COC(=O)c1cc[n+]([O-])cc1. The van der Waals surface area contributed by atoms with Crippen LogP contribution in [0.25, 0.3) is 0 Å². The van der Waals surface area contributed by atoms with E-state index in [0.717, 1.165) is 5.56 Å². The van der Waals surface area contributed by atoms with Crippen molar-refractivity contribution in [1.29, 1.82) is 0 Å². The van der Waals surface area contributed by atoms with Crippen molar-refractivity contribution in [2.24, 2.45) is 0 Å². The average molecular weight is 374 g/mol. The minimum atomic E-state index is -0.661. The van der Waals surface area contributed by atoms with Gasteiger partial charge in [-0.05, 0) is 24.6 Å². The molecule has 0 N–H and O–H groups in total. The molecule has 1 aromatic carbocycles. The van der Waals surface area contributed by atoms with Gasteiger partial charge in [-0.1, -0.05) is 6.07 Å². The van der Waals surface area contributed by atoms with Crippen molar-refractivity contribution in [2.75, 3.05) is 27.4 Å². The first-order valence-electron chi connectivity index (χ1n) is 8.33. The lowest BCUT2D eigenvalue weighted by molar-refractivity contribution is -0.605. The number of pyridine rings is 1. The summed E-state index contributed by atoms with van der Waals surface area (Å²) in [7, 11) is 3.10. The molecule has 0 atom stereocenters. The lowest BCUT2D eigenvalue weighted by Gasteiger charge is -2.21. The van der Waals surface area contributed by atoms with Gasteiger partial charge in [0.1, 0.15) is 0 Å². The first-order valence-corrected chi connectivity index (χ1v) is 8.33. The van der Waals surface area contributed by atoms with Gasteiger partial charge in [-0.3, -0.25) is 4.79 Å². The first-order chi connectivity index (χ1) is 13.0. The number of hydrogen-bond donors (Lipinski definition) is 0. The Bertz CT molecular complexity index is 791. The van der Waals surface area contributed by atoms with E-state index in [-0.39, 0.29) is 18.1 Å². The lowest BCUT2D eigenvalue weighted by Crippen LogP contribution is -2.34. The summed E-state index contributed by atoms with van der Waals surface area (Å²) in [5.74, 6) is 0.193. The smallest absolute Gasteiger partial charge is 0.339 e. The summed E-state index contributed by atoms with van der Waals surface area (Å²) in [4.78, 5) is 25.9. The van der Waals surface area contributed by atoms with Crippen LogP contribution in [0.5, 0.6) is 11.5 Å². The summed E-state index contributed by atoms with van der Waals surface area (Å²) in [6.45, 7) is 2.25. The molecule has 0 bridgehead atoms. The highest BCUT2D eigenvalue weighted by atomic mass is 16.5. The summed E-state index contributed by atoms with van der Waals surface area (Å²) < 4.78 is 16.1. The number of rotatable bonds is 8. The highest BCUT2D eigenvalue weighted by Gasteiger charge is 2.17. The molecule has 144 valence electrons. The third kappa shape index (κ3) is 5.34. The molecular formula is C19H22N2O6. The summed E-state index contributed by atoms with van der Waals surface area (Å²) in [6, 6.07) is 8.07. The molecule has 0 radical (unpaired) electrons. The molecule has 1 amide bonds. The number of methoxy groups -OCH3 is 2. The summed E-state index contributed by atoms with van der Waals surface area (Å²) in [5, 5.41) is 11.0. The number of carbonyl (C=O) groups excluding carboxylic acids is 2. The lowest BCUT2D eigenvalue weighted by atomic mass is 10.2. The van der Waals surface area contributed by atoms with Crippen molar-refractivity contribution in [2.45, 2.75) is 13.5 Å². The van der Waals surface area contributed by atoms with Crippen LogP contribution in [-0.2, 0) is 16.1 Å². The van der Waals surface area contributed by atoms with E-state index in [1.165, 1.54) is 24.5 Å². The van der Waals surface area contributed by atoms with Crippen molar-refractivity contribution in [1.82, 2.24) is 4.90 Å². The van der Waals surface area contributed by atoms with Crippen LogP contribution in [0.1, 0.15) is 22.8 Å². The van der Waals surface area contributed by atoms with Gasteiger partial charge in [-0.25, -0.2) is 4.79 Å². The Balaban J connectivity index is 1.97. The van der Waals surface area contributed by atoms with Gasteiger partial charge in [0, 0.05) is 25.2 Å². The summed E-state index contributed by atoms with van der Waals surface area (Å²) >= 11 is 0. The van der Waals surface area contributed by atoms with E-state index in [0.29, 0.717) is 29.3 Å². The van der Waals surface area contributed by atoms with E-state index >= 15 is 0 Å². The van der Waals surface area contributed by atoms with Crippen LogP contribution < -0.4 is 14.2 Å². The molecule has 2 aromatic rings. The van der Waals surface area contributed by atoms with Crippen molar-refractivity contribution in [3.8, 4) is 11.5 Å². The number of benzene rings is 1. The average Bonchev–Trinajstić information content (AvgIpc) is 2.70. The molecule has 0 spiro atoms. The predicted octanol–water partition coefficient (Wildman–Crippen LogP) is 1.54. The minimum absolute atomic E-state index is 0.206. The number of nitrogens with zero attached hydrogens (tertiary/aromatic N) is 2. The Morgan fingerprint density at radius 2 is 1.74 bits per heavy atom. The topological polar surface area (TPSA) is 92.0 Å². The maximum absolute atomic E-state index is 12.4. The Hall–Kier alpha value is -3.29. The van der Waals surface area contributed by atoms with E-state index in [1.54, 1.807) is 31.3 Å².